The van der Waals surface area contributed by atoms with E-state index < -0.39 is 119 Å². The minimum Gasteiger partial charge on any atom is -0.845 e. The monoisotopic (exact) mass is 954 g/mol. The molecular weight excluding hydrogens is 909 g/mol. The number of aldehydes is 1. The molecule has 29 heteroatoms. The van der Waals surface area contributed by atoms with E-state index >= 15 is 0 Å². The van der Waals surface area contributed by atoms with Crippen molar-refractivity contribution in [1.29, 1.82) is 0 Å². The second kappa shape index (κ2) is 24.6. The van der Waals surface area contributed by atoms with Gasteiger partial charge < -0.3 is 34.9 Å². The summed E-state index contributed by atoms with van der Waals surface area (Å²) in [6.45, 7) is -0.324. The van der Waals surface area contributed by atoms with Gasteiger partial charge in [0.25, 0.3) is 0 Å². The molecule has 60 heavy (non-hydrogen) atoms. The molecule has 0 aliphatic rings. The summed E-state index contributed by atoms with van der Waals surface area (Å²) in [5.74, 6) is -56.9. The van der Waals surface area contributed by atoms with Gasteiger partial charge in [-0.2, -0.15) is 74.6 Å². The van der Waals surface area contributed by atoms with Crippen molar-refractivity contribution < 1.29 is 153 Å². The van der Waals surface area contributed by atoms with E-state index in [1.165, 1.54) is 0 Å². The number of hydrogen-bond acceptors (Lipinski definition) is 9. The summed E-state index contributed by atoms with van der Waals surface area (Å²) < 4.78 is 259. The molecule has 354 valence electrons. The Kier molecular flexibility index (Phi) is 25.2. The number of halogens is 17. The summed E-state index contributed by atoms with van der Waals surface area (Å²) >= 11 is 0. The van der Waals surface area contributed by atoms with Gasteiger partial charge in [-0.25, -0.2) is 4.57 Å². The van der Waals surface area contributed by atoms with Crippen molar-refractivity contribution in [3.63, 3.8) is 0 Å². The molecule has 0 aromatic rings. The third-order valence-corrected chi connectivity index (χ3v) is 9.70. The normalized spacial score (nSPS) is 17.6. The van der Waals surface area contributed by atoms with Crippen molar-refractivity contribution >= 4 is 14.1 Å². The Morgan fingerprint density at radius 1 is 0.600 bits per heavy atom. The number of hydrogen-bond donors (Lipinski definition) is 4. The summed E-state index contributed by atoms with van der Waals surface area (Å²) in [7, 11) is -4.96. The first kappa shape index (κ1) is 61.5. The fourth-order valence-electron chi connectivity index (χ4n) is 4.96. The molecule has 6 atom stereocenters. The van der Waals surface area contributed by atoms with Crippen LogP contribution in [0.4, 0.5) is 74.6 Å². The van der Waals surface area contributed by atoms with Crippen molar-refractivity contribution in [2.24, 2.45) is 0 Å². The average molecular weight is 955 g/mol. The molecule has 0 rings (SSSR count). The van der Waals surface area contributed by atoms with Crippen LogP contribution in [-0.2, 0) is 23.1 Å². The smallest absolute Gasteiger partial charge is 0.845 e. The summed E-state index contributed by atoms with van der Waals surface area (Å²) in [5, 5.41) is 39.8. The molecule has 4 N–H and O–H groups in total. The van der Waals surface area contributed by atoms with Crippen LogP contribution >= 0.6 is 7.82 Å². The predicted octanol–water partition coefficient (Wildman–Crippen LogP) is 4.62. The van der Waals surface area contributed by atoms with E-state index in [1.807, 2.05) is 6.92 Å². The van der Waals surface area contributed by atoms with Gasteiger partial charge in [0.2, 0.25) is 0 Å². The maximum Gasteiger partial charge on any atom is 1.00 e. The van der Waals surface area contributed by atoms with E-state index in [9.17, 15) is 109 Å². The van der Waals surface area contributed by atoms with E-state index in [0.29, 0.717) is 19.3 Å². The Labute approximate surface area is 354 Å². The largest absolute Gasteiger partial charge is 1.00 e. The van der Waals surface area contributed by atoms with Crippen molar-refractivity contribution in [2.45, 2.75) is 169 Å². The van der Waals surface area contributed by atoms with Gasteiger partial charge in [-0.1, -0.05) is 51.9 Å². The fourth-order valence-corrected chi connectivity index (χ4v) is 5.73. The van der Waals surface area contributed by atoms with E-state index in [2.05, 4.69) is 9.05 Å². The molecule has 2 unspecified atom stereocenters. The zero-order valence-electron chi connectivity index (χ0n) is 31.9. The van der Waals surface area contributed by atoms with Crippen LogP contribution in [0.5, 0.6) is 0 Å². The Morgan fingerprint density at radius 3 is 1.52 bits per heavy atom. The number of rotatable bonds is 32. The molecule has 0 spiro atoms. The van der Waals surface area contributed by atoms with Crippen LogP contribution in [0.15, 0.2) is 0 Å². The maximum absolute atomic E-state index is 14.6. The second-order valence-electron chi connectivity index (χ2n) is 13.4. The van der Waals surface area contributed by atoms with Gasteiger partial charge in [0.05, 0.1) is 25.4 Å². The van der Waals surface area contributed by atoms with E-state index in [-0.39, 0.29) is 67.9 Å². The van der Waals surface area contributed by atoms with Gasteiger partial charge in [-0.3, -0.25) is 9.05 Å². The molecule has 0 heterocycles. The number of carbonyl (C=O) groups is 1. The van der Waals surface area contributed by atoms with Crippen LogP contribution in [0.2, 0.25) is 0 Å². The quantitative estimate of drug-likeness (QED) is 0.0246. The first-order valence-corrected chi connectivity index (χ1v) is 19.2. The second-order valence-corrected chi connectivity index (χ2v) is 14.9. The van der Waals surface area contributed by atoms with Crippen LogP contribution < -0.4 is 34.7 Å². The molecule has 0 bridgehead atoms. The zero-order chi connectivity index (χ0) is 46.5. The first-order valence-electron chi connectivity index (χ1n) is 17.7. The van der Waals surface area contributed by atoms with Crippen molar-refractivity contribution in [3.05, 3.63) is 0 Å². The molecule has 0 aromatic carbocycles. The number of ether oxygens (including phenoxy) is 1. The van der Waals surface area contributed by atoms with E-state index in [0.717, 1.165) is 19.3 Å². The van der Waals surface area contributed by atoms with E-state index in [4.69, 9.17) is 4.74 Å². The van der Waals surface area contributed by atoms with Crippen LogP contribution in [0.3, 0.4) is 0 Å². The van der Waals surface area contributed by atoms with Crippen molar-refractivity contribution in [1.82, 2.24) is 0 Å². The third-order valence-electron chi connectivity index (χ3n) is 8.72. The molecule has 0 aliphatic heterocycles. The topological polar surface area (TPSA) is 166 Å². The predicted molar refractivity (Wildman–Crippen MR) is 166 cm³/mol. The van der Waals surface area contributed by atoms with Gasteiger partial charge in [-0.05, 0) is 38.2 Å². The molecular formula is C31H45F17NaO10P. The number of carbonyl (C=O) groups excluding carboxylic acids is 1. The Hall–Kier alpha value is -0.610. The first-order chi connectivity index (χ1) is 26.6. The molecule has 0 saturated heterocycles. The van der Waals surface area contributed by atoms with Crippen LogP contribution in [0.1, 0.15) is 90.4 Å². The number of aliphatic hydroxyl groups excluding tert-OH is 3. The number of unbranched alkanes of at least 4 members (excludes halogenated alkanes) is 8. The number of phosphoric ester groups is 1. The third kappa shape index (κ3) is 15.5. The minimum atomic E-state index is -8.71. The molecule has 10 nitrogen and oxygen atoms in total. The van der Waals surface area contributed by atoms with Crippen LogP contribution in [0, 0.1) is 0 Å². The van der Waals surface area contributed by atoms with Gasteiger partial charge in [0.1, 0.15) is 18.5 Å². The molecule has 0 amide bonds. The molecule has 0 aliphatic carbocycles. The van der Waals surface area contributed by atoms with Gasteiger partial charge in [-0.15, -0.1) is 0 Å². The van der Waals surface area contributed by atoms with Gasteiger partial charge >= 0.3 is 85.0 Å². The number of phosphoric acid groups is 1. The minimum absolute atomic E-state index is 0. The van der Waals surface area contributed by atoms with Crippen molar-refractivity contribution in [3.8, 4) is 0 Å². The van der Waals surface area contributed by atoms with Gasteiger partial charge in [0.15, 0.2) is 0 Å². The van der Waals surface area contributed by atoms with E-state index in [1.54, 1.807) is 0 Å². The Balaban J connectivity index is 0. The Morgan fingerprint density at radius 2 is 1.03 bits per heavy atom. The SMILES string of the molecule is CCCCCCCCCC(CCC(F)(F)C(F)(F)C(F)(F)C(F)(F)C(F)(F)C(F)(F)C(F)(F)C(F)(F)F)OCCCCCOP(=O)(O)OC[C@@H](O)[C@H](O)[C@H](O)[C@@H]([O-])C=O.[Na+]. The molecule has 0 fully saturated rings. The zero-order valence-corrected chi connectivity index (χ0v) is 34.8. The summed E-state index contributed by atoms with van der Waals surface area (Å²) in [5.41, 5.74) is 0. The number of alkyl halides is 17. The Bertz CT molecular complexity index is 1300. The van der Waals surface area contributed by atoms with Crippen LogP contribution in [0.25, 0.3) is 0 Å². The molecule has 0 radical (unpaired) electrons. The molecule has 0 aromatic heterocycles. The maximum atomic E-state index is 14.6. The number of aliphatic hydroxyl groups is 3. The summed E-state index contributed by atoms with van der Waals surface area (Å²) in [6, 6.07) is 0. The average Bonchev–Trinajstić information content (AvgIpc) is 3.12. The standard InChI is InChI=1S/C31H45F17O10P.Na/c1-2-3-4-5-6-7-9-12-19(56-15-10-8-11-16-57-59(54,55)58-18-21(51)23(53)22(52)20(50)17-49)13-14-24(32,33)25(34,35)26(36,37)27(38,39)28(40,41)29(42,43)30(44,45)31(46,47)48;/h17,19-23,51-53H,2-16,18H2,1H3,(H,54,55);/q-1;+1/t19?,20-,21+,22+,23-;/m0./s1. The van der Waals surface area contributed by atoms with Crippen molar-refractivity contribution in [2.75, 3.05) is 19.8 Å². The fraction of sp³-hybridized carbons (Fsp3) is 0.968. The molecule has 0 saturated carbocycles. The summed E-state index contributed by atoms with van der Waals surface area (Å²) in [6.07, 6.45) is -19.2. The van der Waals surface area contributed by atoms with Gasteiger partial charge in [0, 0.05) is 13.0 Å². The summed E-state index contributed by atoms with van der Waals surface area (Å²) in [4.78, 5) is 20.1. The van der Waals surface area contributed by atoms with Crippen LogP contribution in [-0.4, -0.2) is 124 Å².